The van der Waals surface area contributed by atoms with Crippen molar-refractivity contribution in [3.63, 3.8) is 0 Å². The Bertz CT molecular complexity index is 426. The first-order valence-electron chi connectivity index (χ1n) is 5.21. The molecule has 0 aromatic carbocycles. The lowest BCUT2D eigenvalue weighted by atomic mass is 10.4. The van der Waals surface area contributed by atoms with E-state index in [1.807, 2.05) is 6.92 Å². The van der Waals surface area contributed by atoms with E-state index in [2.05, 4.69) is 5.10 Å². The van der Waals surface area contributed by atoms with Gasteiger partial charge in [0.05, 0.1) is 6.20 Å². The van der Waals surface area contributed by atoms with Crippen LogP contribution in [-0.4, -0.2) is 42.1 Å². The summed E-state index contributed by atoms with van der Waals surface area (Å²) in [6.07, 6.45) is 3.52. The van der Waals surface area contributed by atoms with Crippen LogP contribution < -0.4 is 5.73 Å². The van der Waals surface area contributed by atoms with Gasteiger partial charge in [0, 0.05) is 26.3 Å². The van der Waals surface area contributed by atoms with Crippen LogP contribution in [0.2, 0.25) is 0 Å². The lowest BCUT2D eigenvalue weighted by molar-refractivity contribution is 0.423. The second kappa shape index (κ2) is 5.42. The van der Waals surface area contributed by atoms with Gasteiger partial charge in [-0.1, -0.05) is 6.92 Å². The molecule has 0 amide bonds. The average Bonchev–Trinajstić information content (AvgIpc) is 2.66. The predicted octanol–water partition coefficient (Wildman–Crippen LogP) is -0.220. The molecule has 16 heavy (non-hydrogen) atoms. The average molecular weight is 246 g/mol. The molecular formula is C9H18N4O2S. The molecular weight excluding hydrogens is 228 g/mol. The highest BCUT2D eigenvalue weighted by Gasteiger charge is 2.23. The van der Waals surface area contributed by atoms with Crippen molar-refractivity contribution in [2.75, 3.05) is 19.6 Å². The molecule has 92 valence electrons. The van der Waals surface area contributed by atoms with Gasteiger partial charge in [-0.3, -0.25) is 4.68 Å². The van der Waals surface area contributed by atoms with E-state index in [-0.39, 0.29) is 4.90 Å². The fourth-order valence-corrected chi connectivity index (χ4v) is 2.87. The molecule has 0 saturated carbocycles. The lowest BCUT2D eigenvalue weighted by Crippen LogP contribution is -2.32. The summed E-state index contributed by atoms with van der Waals surface area (Å²) >= 11 is 0. The van der Waals surface area contributed by atoms with Crippen LogP contribution in [0.15, 0.2) is 17.3 Å². The Hall–Kier alpha value is -0.920. The van der Waals surface area contributed by atoms with Gasteiger partial charge in [0.2, 0.25) is 10.0 Å². The van der Waals surface area contributed by atoms with Crippen LogP contribution in [0.4, 0.5) is 0 Å². The van der Waals surface area contributed by atoms with Gasteiger partial charge in [-0.05, 0) is 13.0 Å². The molecule has 2 N–H and O–H groups in total. The number of aryl methyl sites for hydroxylation is 1. The van der Waals surface area contributed by atoms with Gasteiger partial charge in [0.25, 0.3) is 0 Å². The molecule has 0 aliphatic rings. The molecule has 1 aromatic heterocycles. The highest BCUT2D eigenvalue weighted by molar-refractivity contribution is 7.89. The molecule has 1 heterocycles. The number of nitrogens with zero attached hydrogens (tertiary/aromatic N) is 3. The number of aromatic nitrogens is 2. The van der Waals surface area contributed by atoms with E-state index in [4.69, 9.17) is 5.73 Å². The number of rotatable bonds is 6. The first-order chi connectivity index (χ1) is 7.52. The van der Waals surface area contributed by atoms with Gasteiger partial charge >= 0.3 is 0 Å². The number of hydrogen-bond donors (Lipinski definition) is 1. The molecule has 0 saturated heterocycles. The van der Waals surface area contributed by atoms with Crippen LogP contribution in [0.3, 0.4) is 0 Å². The van der Waals surface area contributed by atoms with Crippen molar-refractivity contribution in [3.05, 3.63) is 12.4 Å². The molecule has 6 nitrogen and oxygen atoms in total. The first kappa shape index (κ1) is 13.1. The zero-order chi connectivity index (χ0) is 12.2. The molecule has 0 aliphatic heterocycles. The van der Waals surface area contributed by atoms with Crippen LogP contribution in [-0.2, 0) is 17.1 Å². The van der Waals surface area contributed by atoms with E-state index in [0.717, 1.165) is 0 Å². The van der Waals surface area contributed by atoms with Crippen LogP contribution in [0.5, 0.6) is 0 Å². The van der Waals surface area contributed by atoms with E-state index in [9.17, 15) is 8.42 Å². The van der Waals surface area contributed by atoms with Crippen LogP contribution in [0.25, 0.3) is 0 Å². The van der Waals surface area contributed by atoms with Crippen molar-refractivity contribution < 1.29 is 8.42 Å². The van der Waals surface area contributed by atoms with Crippen molar-refractivity contribution in [2.24, 2.45) is 12.8 Å². The summed E-state index contributed by atoms with van der Waals surface area (Å²) in [5.41, 5.74) is 5.38. The van der Waals surface area contributed by atoms with Gasteiger partial charge in [-0.15, -0.1) is 0 Å². The minimum absolute atomic E-state index is 0.230. The third-order valence-electron chi connectivity index (χ3n) is 2.28. The molecule has 0 radical (unpaired) electrons. The Morgan fingerprint density at radius 1 is 1.56 bits per heavy atom. The Morgan fingerprint density at radius 3 is 2.69 bits per heavy atom. The second-order valence-electron chi connectivity index (χ2n) is 3.49. The fraction of sp³-hybridized carbons (Fsp3) is 0.667. The maximum atomic E-state index is 12.1. The summed E-state index contributed by atoms with van der Waals surface area (Å²) in [6, 6.07) is 0. The van der Waals surface area contributed by atoms with Gasteiger partial charge in [0.1, 0.15) is 4.90 Å². The number of sulfonamides is 1. The third-order valence-corrected chi connectivity index (χ3v) is 4.21. The van der Waals surface area contributed by atoms with E-state index in [1.165, 1.54) is 21.4 Å². The van der Waals surface area contributed by atoms with Crippen molar-refractivity contribution in [1.82, 2.24) is 14.1 Å². The predicted molar refractivity (Wildman–Crippen MR) is 61.3 cm³/mol. The summed E-state index contributed by atoms with van der Waals surface area (Å²) in [4.78, 5) is 0.230. The molecule has 0 bridgehead atoms. The van der Waals surface area contributed by atoms with Gasteiger partial charge < -0.3 is 5.73 Å². The Labute approximate surface area is 96.1 Å². The highest BCUT2D eigenvalue weighted by Crippen LogP contribution is 2.14. The summed E-state index contributed by atoms with van der Waals surface area (Å²) in [5.74, 6) is 0. The second-order valence-corrected chi connectivity index (χ2v) is 5.43. The zero-order valence-electron chi connectivity index (χ0n) is 9.63. The zero-order valence-corrected chi connectivity index (χ0v) is 10.4. The quantitative estimate of drug-likeness (QED) is 0.752. The molecule has 0 unspecified atom stereocenters. The number of nitrogens with two attached hydrogens (primary N) is 1. The monoisotopic (exact) mass is 246 g/mol. The molecule has 1 aromatic rings. The van der Waals surface area contributed by atoms with Crippen LogP contribution in [0, 0.1) is 0 Å². The van der Waals surface area contributed by atoms with E-state index >= 15 is 0 Å². The van der Waals surface area contributed by atoms with Crippen LogP contribution >= 0.6 is 0 Å². The molecule has 7 heteroatoms. The molecule has 0 spiro atoms. The van der Waals surface area contributed by atoms with E-state index in [0.29, 0.717) is 26.1 Å². The molecule has 1 rings (SSSR count). The van der Waals surface area contributed by atoms with E-state index < -0.39 is 10.0 Å². The normalized spacial score (nSPS) is 12.2. The maximum Gasteiger partial charge on any atom is 0.246 e. The lowest BCUT2D eigenvalue weighted by Gasteiger charge is -2.18. The third kappa shape index (κ3) is 2.81. The van der Waals surface area contributed by atoms with Gasteiger partial charge in [0.15, 0.2) is 0 Å². The smallest absolute Gasteiger partial charge is 0.246 e. The largest absolute Gasteiger partial charge is 0.330 e. The van der Waals surface area contributed by atoms with Crippen molar-refractivity contribution >= 4 is 10.0 Å². The molecule has 0 fully saturated rings. The van der Waals surface area contributed by atoms with Crippen LogP contribution in [0.1, 0.15) is 13.3 Å². The maximum absolute atomic E-state index is 12.1. The summed E-state index contributed by atoms with van der Waals surface area (Å²) in [7, 11) is -1.72. The molecule has 0 atom stereocenters. The standard InChI is InChI=1S/C9H18N4O2S/c1-3-13(6-4-5-10)16(14,15)9-7-11-12(2)8-9/h7-8H,3-6,10H2,1-2H3. The molecule has 0 aliphatic carbocycles. The van der Waals surface area contributed by atoms with Crippen molar-refractivity contribution in [3.8, 4) is 0 Å². The first-order valence-corrected chi connectivity index (χ1v) is 6.65. The Balaban J connectivity index is 2.90. The van der Waals surface area contributed by atoms with Gasteiger partial charge in [-0.25, -0.2) is 8.42 Å². The number of hydrogen-bond acceptors (Lipinski definition) is 4. The topological polar surface area (TPSA) is 81.2 Å². The highest BCUT2D eigenvalue weighted by atomic mass is 32.2. The van der Waals surface area contributed by atoms with Crippen molar-refractivity contribution in [2.45, 2.75) is 18.2 Å². The Kier molecular flexibility index (Phi) is 4.45. The minimum Gasteiger partial charge on any atom is -0.330 e. The van der Waals surface area contributed by atoms with Crippen molar-refractivity contribution in [1.29, 1.82) is 0 Å². The minimum atomic E-state index is -3.41. The summed E-state index contributed by atoms with van der Waals surface area (Å²) in [6.45, 7) is 3.19. The van der Waals surface area contributed by atoms with E-state index in [1.54, 1.807) is 7.05 Å². The fourth-order valence-electron chi connectivity index (χ4n) is 1.40. The SMILES string of the molecule is CCN(CCCN)S(=O)(=O)c1cnn(C)c1. The summed E-state index contributed by atoms with van der Waals surface area (Å²) in [5, 5.41) is 3.87. The van der Waals surface area contributed by atoms with Gasteiger partial charge in [-0.2, -0.15) is 9.40 Å². The summed E-state index contributed by atoms with van der Waals surface area (Å²) < 4.78 is 27.1. The Morgan fingerprint density at radius 2 is 2.25 bits per heavy atom.